The van der Waals surface area contributed by atoms with Crippen LogP contribution in [0.2, 0.25) is 10.0 Å². The van der Waals surface area contributed by atoms with Crippen LogP contribution in [0.25, 0.3) is 0 Å². The molecule has 2 aromatic rings. The second kappa shape index (κ2) is 9.07. The molecule has 2 fully saturated rings. The van der Waals surface area contributed by atoms with Crippen LogP contribution < -0.4 is 9.80 Å². The van der Waals surface area contributed by atoms with Crippen molar-refractivity contribution in [2.45, 2.75) is 11.8 Å². The summed E-state index contributed by atoms with van der Waals surface area (Å²) in [6, 6.07) is 5.02. The Labute approximate surface area is 193 Å². The molecule has 0 saturated carbocycles. The van der Waals surface area contributed by atoms with E-state index in [0.717, 1.165) is 37.8 Å². The lowest BCUT2D eigenvalue weighted by atomic mass is 10.2. The zero-order chi connectivity index (χ0) is 22.2. The van der Waals surface area contributed by atoms with Crippen LogP contribution in [0.5, 0.6) is 0 Å². The number of benzene rings is 1. The maximum atomic E-state index is 13.1. The van der Waals surface area contributed by atoms with Gasteiger partial charge in [0.25, 0.3) is 0 Å². The van der Waals surface area contributed by atoms with Crippen molar-refractivity contribution in [2.24, 2.45) is 0 Å². The third kappa shape index (κ3) is 4.75. The Hall–Kier alpha value is -1.65. The molecule has 0 bridgehead atoms. The SMILES string of the molecule is Cc1cc(S(=O)(=O)N2CCN(c3cc(N4CCN(C)CC4)ncn3)CC2)c(Cl)cc1Cl. The molecular formula is C20H26Cl2N6O2S. The van der Waals surface area contributed by atoms with E-state index in [1.54, 1.807) is 19.3 Å². The zero-order valence-corrected chi connectivity index (χ0v) is 20.0. The lowest BCUT2D eigenvalue weighted by molar-refractivity contribution is 0.312. The Kier molecular flexibility index (Phi) is 6.60. The minimum atomic E-state index is -3.70. The Morgan fingerprint density at radius 3 is 1.94 bits per heavy atom. The summed E-state index contributed by atoms with van der Waals surface area (Å²) < 4.78 is 27.8. The van der Waals surface area contributed by atoms with Crippen LogP contribution in [0.15, 0.2) is 29.4 Å². The summed E-state index contributed by atoms with van der Waals surface area (Å²) in [4.78, 5) is 15.6. The van der Waals surface area contributed by atoms with Gasteiger partial charge in [-0.2, -0.15) is 4.31 Å². The summed E-state index contributed by atoms with van der Waals surface area (Å²) in [6.07, 6.45) is 1.59. The highest BCUT2D eigenvalue weighted by atomic mass is 35.5. The van der Waals surface area contributed by atoms with E-state index in [-0.39, 0.29) is 9.92 Å². The first-order chi connectivity index (χ1) is 14.8. The molecule has 2 aliphatic rings. The second-order valence-corrected chi connectivity index (χ2v) is 10.7. The Bertz CT molecular complexity index is 1050. The van der Waals surface area contributed by atoms with Gasteiger partial charge in [-0.3, -0.25) is 0 Å². The van der Waals surface area contributed by atoms with E-state index in [2.05, 4.69) is 31.7 Å². The number of hydrogen-bond donors (Lipinski definition) is 0. The Morgan fingerprint density at radius 2 is 1.35 bits per heavy atom. The maximum Gasteiger partial charge on any atom is 0.244 e. The van der Waals surface area contributed by atoms with Crippen molar-refractivity contribution in [3.63, 3.8) is 0 Å². The van der Waals surface area contributed by atoms with Crippen molar-refractivity contribution in [3.8, 4) is 0 Å². The maximum absolute atomic E-state index is 13.1. The third-order valence-corrected chi connectivity index (χ3v) is 8.63. The van der Waals surface area contributed by atoms with E-state index >= 15 is 0 Å². The molecule has 2 aliphatic heterocycles. The average molecular weight is 485 g/mol. The van der Waals surface area contributed by atoms with Crippen molar-refractivity contribution in [3.05, 3.63) is 40.1 Å². The molecule has 0 radical (unpaired) electrons. The molecule has 0 N–H and O–H groups in total. The molecule has 1 aromatic heterocycles. The smallest absolute Gasteiger partial charge is 0.244 e. The summed E-state index contributed by atoms with van der Waals surface area (Å²) in [5.74, 6) is 1.73. The molecule has 11 heteroatoms. The van der Waals surface area contributed by atoms with Crippen LogP contribution in [-0.4, -0.2) is 87.0 Å². The van der Waals surface area contributed by atoms with Gasteiger partial charge in [0.2, 0.25) is 10.0 Å². The number of rotatable bonds is 4. The fraction of sp³-hybridized carbons (Fsp3) is 0.500. The molecule has 8 nitrogen and oxygen atoms in total. The number of aromatic nitrogens is 2. The number of piperazine rings is 2. The summed E-state index contributed by atoms with van der Waals surface area (Å²) in [5.41, 5.74) is 0.681. The molecule has 0 unspecified atom stereocenters. The molecule has 168 valence electrons. The molecule has 0 atom stereocenters. The van der Waals surface area contributed by atoms with Crippen molar-refractivity contribution >= 4 is 44.9 Å². The van der Waals surface area contributed by atoms with Gasteiger partial charge in [-0.05, 0) is 31.7 Å². The predicted molar refractivity (Wildman–Crippen MR) is 124 cm³/mol. The number of likely N-dealkylation sites (N-methyl/N-ethyl adjacent to an activating group) is 1. The summed E-state index contributed by atoms with van der Waals surface area (Å²) >= 11 is 12.3. The van der Waals surface area contributed by atoms with E-state index in [1.807, 2.05) is 6.07 Å². The fourth-order valence-electron chi connectivity index (χ4n) is 3.84. The monoisotopic (exact) mass is 484 g/mol. The van der Waals surface area contributed by atoms with Crippen molar-refractivity contribution in [1.82, 2.24) is 19.2 Å². The fourth-order valence-corrected chi connectivity index (χ4v) is 6.07. The highest BCUT2D eigenvalue weighted by molar-refractivity contribution is 7.89. The number of sulfonamides is 1. The Balaban J connectivity index is 1.45. The molecule has 0 amide bonds. The molecule has 1 aromatic carbocycles. The van der Waals surface area contributed by atoms with Crippen LogP contribution >= 0.6 is 23.2 Å². The first-order valence-corrected chi connectivity index (χ1v) is 12.4. The molecule has 4 rings (SSSR count). The van der Waals surface area contributed by atoms with E-state index in [9.17, 15) is 8.42 Å². The molecule has 0 spiro atoms. The first kappa shape index (κ1) is 22.5. The molecule has 3 heterocycles. The standard InChI is InChI=1S/C20H26Cl2N6O2S/c1-15-11-18(17(22)12-16(15)21)31(29,30)28-9-7-27(8-10-28)20-13-19(23-14-24-20)26-5-3-25(2)4-6-26/h11-14H,3-10H2,1-2H3. The van der Waals surface area contributed by atoms with Crippen LogP contribution in [0.1, 0.15) is 5.56 Å². The summed E-state index contributed by atoms with van der Waals surface area (Å²) in [6.45, 7) is 7.43. The van der Waals surface area contributed by atoms with Crippen LogP contribution in [0.3, 0.4) is 0 Å². The van der Waals surface area contributed by atoms with Gasteiger partial charge in [-0.15, -0.1) is 0 Å². The summed E-state index contributed by atoms with van der Waals surface area (Å²) in [5, 5.41) is 0.597. The van der Waals surface area contributed by atoms with Gasteiger partial charge in [0.15, 0.2) is 0 Å². The van der Waals surface area contributed by atoms with Crippen LogP contribution in [0.4, 0.5) is 11.6 Å². The first-order valence-electron chi connectivity index (χ1n) is 10.2. The van der Waals surface area contributed by atoms with Gasteiger partial charge in [0.05, 0.1) is 5.02 Å². The summed E-state index contributed by atoms with van der Waals surface area (Å²) in [7, 11) is -1.58. The van der Waals surface area contributed by atoms with Crippen LogP contribution in [0, 0.1) is 6.92 Å². The number of hydrogen-bond acceptors (Lipinski definition) is 7. The number of anilines is 2. The number of nitrogens with zero attached hydrogens (tertiary/aromatic N) is 6. The third-order valence-electron chi connectivity index (χ3n) is 5.86. The lowest BCUT2D eigenvalue weighted by Crippen LogP contribution is -2.49. The van der Waals surface area contributed by atoms with E-state index in [0.29, 0.717) is 36.8 Å². The molecule has 31 heavy (non-hydrogen) atoms. The quantitative estimate of drug-likeness (QED) is 0.659. The van der Waals surface area contributed by atoms with Gasteiger partial charge in [-0.1, -0.05) is 23.2 Å². The van der Waals surface area contributed by atoms with Crippen molar-refractivity contribution < 1.29 is 8.42 Å². The van der Waals surface area contributed by atoms with Gasteiger partial charge in [0, 0.05) is 63.4 Å². The highest BCUT2D eigenvalue weighted by Crippen LogP contribution is 2.31. The van der Waals surface area contributed by atoms with E-state index in [1.165, 1.54) is 10.4 Å². The average Bonchev–Trinajstić information content (AvgIpc) is 2.77. The minimum Gasteiger partial charge on any atom is -0.354 e. The van der Waals surface area contributed by atoms with Gasteiger partial charge in [0.1, 0.15) is 22.9 Å². The van der Waals surface area contributed by atoms with Crippen LogP contribution in [-0.2, 0) is 10.0 Å². The van der Waals surface area contributed by atoms with E-state index in [4.69, 9.17) is 23.2 Å². The zero-order valence-electron chi connectivity index (χ0n) is 17.6. The normalized spacial score (nSPS) is 19.1. The van der Waals surface area contributed by atoms with Gasteiger partial charge >= 0.3 is 0 Å². The molecule has 0 aliphatic carbocycles. The van der Waals surface area contributed by atoms with Crippen molar-refractivity contribution in [2.75, 3.05) is 69.2 Å². The van der Waals surface area contributed by atoms with E-state index < -0.39 is 10.0 Å². The molecule has 2 saturated heterocycles. The predicted octanol–water partition coefficient (Wildman–Crippen LogP) is 2.35. The minimum absolute atomic E-state index is 0.101. The van der Waals surface area contributed by atoms with Gasteiger partial charge in [-0.25, -0.2) is 18.4 Å². The topological polar surface area (TPSA) is 72.9 Å². The largest absolute Gasteiger partial charge is 0.354 e. The molecular weight excluding hydrogens is 459 g/mol. The lowest BCUT2D eigenvalue weighted by Gasteiger charge is -2.36. The second-order valence-electron chi connectivity index (χ2n) is 7.95. The van der Waals surface area contributed by atoms with Crippen molar-refractivity contribution in [1.29, 1.82) is 0 Å². The Morgan fingerprint density at radius 1 is 0.806 bits per heavy atom. The number of halogens is 2. The highest BCUT2D eigenvalue weighted by Gasteiger charge is 2.31. The van der Waals surface area contributed by atoms with Gasteiger partial charge < -0.3 is 14.7 Å². The number of aryl methyl sites for hydroxylation is 1.